The molecule has 1 aromatic heterocycles. The lowest BCUT2D eigenvalue weighted by Crippen LogP contribution is -1.99. The second-order valence-electron chi connectivity index (χ2n) is 2.65. The first-order valence-electron chi connectivity index (χ1n) is 3.42. The third kappa shape index (κ3) is 1.31. The number of hydrogen-bond acceptors (Lipinski definition) is 2. The zero-order chi connectivity index (χ0) is 8.59. The Morgan fingerprint density at radius 3 is 2.27 bits per heavy atom. The quantitative estimate of drug-likeness (QED) is 0.649. The Morgan fingerprint density at radius 2 is 1.73 bits per heavy atom. The lowest BCUT2D eigenvalue weighted by atomic mass is 10.1. The lowest BCUT2D eigenvalue weighted by molar-refractivity contribution is 1.13. The van der Waals surface area contributed by atoms with Gasteiger partial charge in [0.1, 0.15) is 5.82 Å². The number of nitrogens with zero attached hydrogens (tertiary/aromatic N) is 1. The van der Waals surface area contributed by atoms with Crippen molar-refractivity contribution in [1.29, 1.82) is 0 Å². The van der Waals surface area contributed by atoms with Crippen molar-refractivity contribution in [1.82, 2.24) is 4.98 Å². The second-order valence-corrected chi connectivity index (χ2v) is 3.02. The highest BCUT2D eigenvalue weighted by molar-refractivity contribution is 6.33. The topological polar surface area (TPSA) is 38.9 Å². The van der Waals surface area contributed by atoms with Crippen LogP contribution in [0, 0.1) is 20.8 Å². The van der Waals surface area contributed by atoms with E-state index in [1.54, 1.807) is 0 Å². The average molecular weight is 171 g/mol. The normalized spacial score (nSPS) is 10.2. The largest absolute Gasteiger partial charge is 0.382 e. The van der Waals surface area contributed by atoms with E-state index in [9.17, 15) is 0 Å². The van der Waals surface area contributed by atoms with Crippen molar-refractivity contribution in [2.45, 2.75) is 20.8 Å². The minimum Gasteiger partial charge on any atom is -0.382 e. The van der Waals surface area contributed by atoms with Crippen molar-refractivity contribution in [2.75, 3.05) is 5.73 Å². The van der Waals surface area contributed by atoms with E-state index >= 15 is 0 Å². The van der Waals surface area contributed by atoms with Crippen molar-refractivity contribution in [3.63, 3.8) is 0 Å². The van der Waals surface area contributed by atoms with Crippen LogP contribution in [0.2, 0.25) is 5.02 Å². The van der Waals surface area contributed by atoms with Gasteiger partial charge in [0.15, 0.2) is 0 Å². The molecule has 2 N–H and O–H groups in total. The summed E-state index contributed by atoms with van der Waals surface area (Å²) < 4.78 is 0. The number of halogens is 1. The first-order chi connectivity index (χ1) is 5.04. The smallest absolute Gasteiger partial charge is 0.142 e. The third-order valence-electron chi connectivity index (χ3n) is 1.95. The molecule has 0 aliphatic heterocycles. The van der Waals surface area contributed by atoms with E-state index in [1.165, 1.54) is 0 Å². The van der Waals surface area contributed by atoms with Gasteiger partial charge in [0.05, 0.1) is 5.02 Å². The SMILES string of the molecule is Cc1nc(N)c(Cl)c(C)c1C. The monoisotopic (exact) mass is 170 g/mol. The van der Waals surface area contributed by atoms with Crippen molar-refractivity contribution in [3.05, 3.63) is 21.8 Å². The fourth-order valence-electron chi connectivity index (χ4n) is 0.942. The molecule has 2 nitrogen and oxygen atoms in total. The highest BCUT2D eigenvalue weighted by atomic mass is 35.5. The standard InChI is InChI=1S/C8H11ClN2/c1-4-5(2)7(9)8(10)11-6(4)3/h1-3H3,(H2,10,11). The second kappa shape index (κ2) is 2.70. The number of hydrogen-bond donors (Lipinski definition) is 1. The van der Waals surface area contributed by atoms with Crippen LogP contribution in [-0.4, -0.2) is 4.98 Å². The van der Waals surface area contributed by atoms with E-state index < -0.39 is 0 Å². The van der Waals surface area contributed by atoms with Crippen LogP contribution in [0.25, 0.3) is 0 Å². The summed E-state index contributed by atoms with van der Waals surface area (Å²) in [4.78, 5) is 4.08. The molecule has 0 aromatic carbocycles. The van der Waals surface area contributed by atoms with Gasteiger partial charge >= 0.3 is 0 Å². The Labute approximate surface area is 71.4 Å². The zero-order valence-electron chi connectivity index (χ0n) is 6.90. The van der Waals surface area contributed by atoms with E-state index in [-0.39, 0.29) is 0 Å². The Balaban J connectivity index is 3.46. The summed E-state index contributed by atoms with van der Waals surface area (Å²) in [5.74, 6) is 0.423. The van der Waals surface area contributed by atoms with Crippen LogP contribution in [0.5, 0.6) is 0 Å². The van der Waals surface area contributed by atoms with Crippen LogP contribution in [0.15, 0.2) is 0 Å². The van der Waals surface area contributed by atoms with Gasteiger partial charge in [-0.2, -0.15) is 0 Å². The van der Waals surface area contributed by atoms with Crippen LogP contribution in [-0.2, 0) is 0 Å². The maximum atomic E-state index is 5.87. The fraction of sp³-hybridized carbons (Fsp3) is 0.375. The molecule has 0 radical (unpaired) electrons. The van der Waals surface area contributed by atoms with Gasteiger partial charge in [-0.15, -0.1) is 0 Å². The summed E-state index contributed by atoms with van der Waals surface area (Å²) >= 11 is 5.87. The number of nitrogen functional groups attached to an aromatic ring is 1. The summed E-state index contributed by atoms with van der Waals surface area (Å²) in [6.45, 7) is 5.86. The number of aryl methyl sites for hydroxylation is 1. The number of rotatable bonds is 0. The fourth-order valence-corrected chi connectivity index (χ4v) is 1.13. The van der Waals surface area contributed by atoms with E-state index in [1.807, 2.05) is 20.8 Å². The molecule has 1 heterocycles. The van der Waals surface area contributed by atoms with Gasteiger partial charge in [0, 0.05) is 5.69 Å². The molecule has 0 spiro atoms. The van der Waals surface area contributed by atoms with Crippen LogP contribution in [0.4, 0.5) is 5.82 Å². The van der Waals surface area contributed by atoms with Crippen LogP contribution in [0.3, 0.4) is 0 Å². The molecular weight excluding hydrogens is 160 g/mol. The molecule has 0 atom stereocenters. The van der Waals surface area contributed by atoms with Gasteiger partial charge in [0.25, 0.3) is 0 Å². The van der Waals surface area contributed by atoms with Crippen LogP contribution < -0.4 is 5.73 Å². The van der Waals surface area contributed by atoms with Crippen molar-refractivity contribution in [3.8, 4) is 0 Å². The summed E-state index contributed by atoms with van der Waals surface area (Å²) in [6, 6.07) is 0. The Morgan fingerprint density at radius 1 is 1.18 bits per heavy atom. The zero-order valence-corrected chi connectivity index (χ0v) is 7.66. The van der Waals surface area contributed by atoms with E-state index in [0.29, 0.717) is 10.8 Å². The minimum atomic E-state index is 0.423. The molecule has 11 heavy (non-hydrogen) atoms. The maximum absolute atomic E-state index is 5.87. The first kappa shape index (κ1) is 8.34. The molecule has 60 valence electrons. The van der Waals surface area contributed by atoms with Gasteiger partial charge in [-0.05, 0) is 31.9 Å². The number of aromatic nitrogens is 1. The predicted molar refractivity (Wildman–Crippen MR) is 47.9 cm³/mol. The molecule has 0 saturated heterocycles. The summed E-state index contributed by atoms with van der Waals surface area (Å²) in [5.41, 5.74) is 8.64. The van der Waals surface area contributed by atoms with Gasteiger partial charge < -0.3 is 5.73 Å². The van der Waals surface area contributed by atoms with E-state index in [4.69, 9.17) is 17.3 Å². The van der Waals surface area contributed by atoms with Crippen molar-refractivity contribution >= 4 is 17.4 Å². The van der Waals surface area contributed by atoms with Crippen LogP contribution in [0.1, 0.15) is 16.8 Å². The number of pyridine rings is 1. The maximum Gasteiger partial charge on any atom is 0.142 e. The highest BCUT2D eigenvalue weighted by Crippen LogP contribution is 2.24. The summed E-state index contributed by atoms with van der Waals surface area (Å²) in [5, 5.41) is 0.577. The molecule has 0 aliphatic rings. The first-order valence-corrected chi connectivity index (χ1v) is 3.80. The Bertz CT molecular complexity index is 268. The van der Waals surface area contributed by atoms with E-state index in [0.717, 1.165) is 16.8 Å². The average Bonchev–Trinajstić information content (AvgIpc) is 1.97. The van der Waals surface area contributed by atoms with Crippen LogP contribution >= 0.6 is 11.6 Å². The molecule has 0 amide bonds. The van der Waals surface area contributed by atoms with Gasteiger partial charge in [-0.1, -0.05) is 11.6 Å². The lowest BCUT2D eigenvalue weighted by Gasteiger charge is -2.07. The Hall–Kier alpha value is -0.760. The molecule has 0 saturated carbocycles. The number of nitrogens with two attached hydrogens (primary N) is 1. The minimum absolute atomic E-state index is 0.423. The van der Waals surface area contributed by atoms with E-state index in [2.05, 4.69) is 4.98 Å². The Kier molecular flexibility index (Phi) is 2.05. The third-order valence-corrected chi connectivity index (χ3v) is 2.42. The molecule has 1 aromatic rings. The molecule has 0 unspecified atom stereocenters. The van der Waals surface area contributed by atoms with Gasteiger partial charge in [-0.3, -0.25) is 0 Å². The molecule has 1 rings (SSSR count). The highest BCUT2D eigenvalue weighted by Gasteiger charge is 2.06. The summed E-state index contributed by atoms with van der Waals surface area (Å²) in [6.07, 6.45) is 0. The number of anilines is 1. The van der Waals surface area contributed by atoms with Crippen molar-refractivity contribution < 1.29 is 0 Å². The molecule has 0 bridgehead atoms. The molecule has 0 fully saturated rings. The van der Waals surface area contributed by atoms with Gasteiger partial charge in [-0.25, -0.2) is 4.98 Å². The molecule has 3 heteroatoms. The molecular formula is C8H11ClN2. The van der Waals surface area contributed by atoms with Gasteiger partial charge in [0.2, 0.25) is 0 Å². The summed E-state index contributed by atoms with van der Waals surface area (Å²) in [7, 11) is 0. The predicted octanol–water partition coefficient (Wildman–Crippen LogP) is 2.24. The van der Waals surface area contributed by atoms with Crippen molar-refractivity contribution in [2.24, 2.45) is 0 Å². The molecule has 0 aliphatic carbocycles.